The van der Waals surface area contributed by atoms with E-state index in [1.165, 1.54) is 7.05 Å². The highest BCUT2D eigenvalue weighted by Gasteiger charge is 2.30. The molecule has 0 saturated heterocycles. The largest absolute Gasteiger partial charge is 0.491 e. The standard InChI is InChI=1S/C19H24N2O4S/c1-14(2)25-17-12-10-16(11-13-17)20-19(22)18(21(3)26(4,23)24)15-8-6-5-7-9-15/h5-14,18H,1-4H3,(H,20,22)/t18-/m1/s1. The highest BCUT2D eigenvalue weighted by molar-refractivity contribution is 7.88. The molecule has 0 fully saturated rings. The molecule has 1 amide bonds. The molecule has 7 heteroatoms. The second-order valence-electron chi connectivity index (χ2n) is 6.27. The van der Waals surface area contributed by atoms with E-state index in [0.717, 1.165) is 10.6 Å². The molecular weight excluding hydrogens is 352 g/mol. The third-order valence-corrected chi connectivity index (χ3v) is 5.00. The summed E-state index contributed by atoms with van der Waals surface area (Å²) < 4.78 is 30.6. The summed E-state index contributed by atoms with van der Waals surface area (Å²) in [5.74, 6) is 0.271. The highest BCUT2D eigenvalue weighted by Crippen LogP contribution is 2.24. The Morgan fingerprint density at radius 3 is 2.12 bits per heavy atom. The maximum absolute atomic E-state index is 12.8. The van der Waals surface area contributed by atoms with Crippen molar-refractivity contribution in [3.63, 3.8) is 0 Å². The molecule has 0 bridgehead atoms. The maximum Gasteiger partial charge on any atom is 0.247 e. The summed E-state index contributed by atoms with van der Waals surface area (Å²) in [5.41, 5.74) is 1.16. The van der Waals surface area contributed by atoms with Crippen molar-refractivity contribution in [1.29, 1.82) is 0 Å². The second kappa shape index (κ2) is 8.33. The number of nitrogens with zero attached hydrogens (tertiary/aromatic N) is 1. The lowest BCUT2D eigenvalue weighted by molar-refractivity contribution is -0.119. The molecule has 0 aliphatic carbocycles. The first-order valence-corrected chi connectivity index (χ1v) is 10.1. The minimum Gasteiger partial charge on any atom is -0.491 e. The summed E-state index contributed by atoms with van der Waals surface area (Å²) in [6.45, 7) is 3.86. The molecule has 140 valence electrons. The molecule has 0 heterocycles. The van der Waals surface area contributed by atoms with E-state index in [-0.39, 0.29) is 6.10 Å². The number of sulfonamides is 1. The summed E-state index contributed by atoms with van der Waals surface area (Å²) in [6, 6.07) is 14.8. The Morgan fingerprint density at radius 1 is 1.04 bits per heavy atom. The number of anilines is 1. The van der Waals surface area contributed by atoms with Crippen molar-refractivity contribution in [3.8, 4) is 5.75 Å². The minimum atomic E-state index is -3.56. The van der Waals surface area contributed by atoms with Crippen LogP contribution in [0.4, 0.5) is 5.69 Å². The van der Waals surface area contributed by atoms with Crippen molar-refractivity contribution < 1.29 is 17.9 Å². The van der Waals surface area contributed by atoms with E-state index in [2.05, 4.69) is 5.32 Å². The Labute approximate surface area is 154 Å². The van der Waals surface area contributed by atoms with Crippen LogP contribution in [0.5, 0.6) is 5.75 Å². The number of ether oxygens (including phenoxy) is 1. The molecule has 2 aromatic rings. The third-order valence-electron chi connectivity index (χ3n) is 3.74. The monoisotopic (exact) mass is 376 g/mol. The van der Waals surface area contributed by atoms with Gasteiger partial charge >= 0.3 is 0 Å². The number of carbonyl (C=O) groups excluding carboxylic acids is 1. The van der Waals surface area contributed by atoms with Crippen LogP contribution < -0.4 is 10.1 Å². The van der Waals surface area contributed by atoms with E-state index in [9.17, 15) is 13.2 Å². The van der Waals surface area contributed by atoms with Gasteiger partial charge in [-0.1, -0.05) is 30.3 Å². The van der Waals surface area contributed by atoms with Crippen LogP contribution in [0.2, 0.25) is 0 Å². The lowest BCUT2D eigenvalue weighted by atomic mass is 10.1. The van der Waals surface area contributed by atoms with Crippen molar-refractivity contribution in [2.45, 2.75) is 26.0 Å². The average Bonchev–Trinajstić information content (AvgIpc) is 2.56. The zero-order chi connectivity index (χ0) is 19.3. The Bertz CT molecular complexity index is 834. The van der Waals surface area contributed by atoms with E-state index in [1.807, 2.05) is 19.9 Å². The number of amides is 1. The van der Waals surface area contributed by atoms with Gasteiger partial charge in [0.1, 0.15) is 11.8 Å². The smallest absolute Gasteiger partial charge is 0.247 e. The molecule has 26 heavy (non-hydrogen) atoms. The fraction of sp³-hybridized carbons (Fsp3) is 0.316. The molecule has 1 atom stereocenters. The molecule has 2 aromatic carbocycles. The lowest BCUT2D eigenvalue weighted by Crippen LogP contribution is -2.38. The molecule has 0 radical (unpaired) electrons. The summed E-state index contributed by atoms with van der Waals surface area (Å²) in [6.07, 6.45) is 1.13. The number of hydrogen-bond acceptors (Lipinski definition) is 4. The predicted octanol–water partition coefficient (Wildman–Crippen LogP) is 3.05. The van der Waals surface area contributed by atoms with Crippen molar-refractivity contribution in [2.75, 3.05) is 18.6 Å². The molecule has 6 nitrogen and oxygen atoms in total. The van der Waals surface area contributed by atoms with Crippen LogP contribution in [0.15, 0.2) is 54.6 Å². The van der Waals surface area contributed by atoms with Gasteiger partial charge in [0.25, 0.3) is 0 Å². The van der Waals surface area contributed by atoms with Gasteiger partial charge in [0, 0.05) is 12.7 Å². The summed E-state index contributed by atoms with van der Waals surface area (Å²) in [7, 11) is -2.16. The average molecular weight is 376 g/mol. The van der Waals surface area contributed by atoms with Crippen molar-refractivity contribution in [2.24, 2.45) is 0 Å². The molecule has 1 N–H and O–H groups in total. The fourth-order valence-electron chi connectivity index (χ4n) is 2.45. The number of hydrogen-bond donors (Lipinski definition) is 1. The van der Waals surface area contributed by atoms with Gasteiger partial charge in [-0.15, -0.1) is 0 Å². The van der Waals surface area contributed by atoms with Crippen LogP contribution in [0, 0.1) is 0 Å². The Balaban J connectivity index is 2.24. The summed E-state index contributed by atoms with van der Waals surface area (Å²) in [4.78, 5) is 12.8. The van der Waals surface area contributed by atoms with Gasteiger partial charge in [0.2, 0.25) is 15.9 Å². The highest BCUT2D eigenvalue weighted by atomic mass is 32.2. The molecule has 0 unspecified atom stereocenters. The molecule has 0 saturated carbocycles. The van der Waals surface area contributed by atoms with Gasteiger partial charge in [0.05, 0.1) is 12.4 Å². The van der Waals surface area contributed by atoms with E-state index in [1.54, 1.807) is 48.5 Å². The van der Waals surface area contributed by atoms with Crippen LogP contribution in [0.1, 0.15) is 25.5 Å². The molecule has 0 spiro atoms. The maximum atomic E-state index is 12.8. The van der Waals surface area contributed by atoms with E-state index >= 15 is 0 Å². The SMILES string of the molecule is CC(C)Oc1ccc(NC(=O)[C@@H](c2ccccc2)N(C)S(C)(=O)=O)cc1. The topological polar surface area (TPSA) is 75.7 Å². The first-order chi connectivity index (χ1) is 12.2. The van der Waals surface area contributed by atoms with Gasteiger partial charge in [-0.2, -0.15) is 4.31 Å². The van der Waals surface area contributed by atoms with Gasteiger partial charge in [-0.05, 0) is 43.7 Å². The van der Waals surface area contributed by atoms with Crippen LogP contribution in [-0.4, -0.2) is 38.0 Å². The first kappa shape index (κ1) is 19.9. The number of nitrogens with one attached hydrogen (secondary N) is 1. The fourth-order valence-corrected chi connectivity index (χ4v) is 3.05. The molecule has 0 aliphatic rings. The molecule has 2 rings (SSSR count). The van der Waals surface area contributed by atoms with Crippen molar-refractivity contribution in [1.82, 2.24) is 4.31 Å². The van der Waals surface area contributed by atoms with Crippen LogP contribution in [0.25, 0.3) is 0 Å². The number of rotatable bonds is 7. The first-order valence-electron chi connectivity index (χ1n) is 8.24. The Kier molecular flexibility index (Phi) is 6.39. The van der Waals surface area contributed by atoms with Gasteiger partial charge in [0.15, 0.2) is 0 Å². The zero-order valence-corrected chi connectivity index (χ0v) is 16.2. The van der Waals surface area contributed by atoms with E-state index in [4.69, 9.17) is 4.74 Å². The van der Waals surface area contributed by atoms with E-state index in [0.29, 0.717) is 17.0 Å². The summed E-state index contributed by atoms with van der Waals surface area (Å²) >= 11 is 0. The Morgan fingerprint density at radius 2 is 1.62 bits per heavy atom. The molecule has 0 aliphatic heterocycles. The normalized spacial score (nSPS) is 12.8. The van der Waals surface area contributed by atoms with Crippen molar-refractivity contribution >= 4 is 21.6 Å². The van der Waals surface area contributed by atoms with Gasteiger partial charge in [-0.25, -0.2) is 8.42 Å². The van der Waals surface area contributed by atoms with Crippen LogP contribution in [0.3, 0.4) is 0 Å². The number of benzene rings is 2. The third kappa shape index (κ3) is 5.31. The molecular formula is C19H24N2O4S. The molecule has 0 aromatic heterocycles. The van der Waals surface area contributed by atoms with Crippen LogP contribution >= 0.6 is 0 Å². The van der Waals surface area contributed by atoms with Crippen molar-refractivity contribution in [3.05, 3.63) is 60.2 Å². The van der Waals surface area contributed by atoms with Gasteiger partial charge < -0.3 is 10.1 Å². The Hall–Kier alpha value is -2.38. The van der Waals surface area contributed by atoms with Crippen LogP contribution in [-0.2, 0) is 14.8 Å². The van der Waals surface area contributed by atoms with E-state index < -0.39 is 22.0 Å². The lowest BCUT2D eigenvalue weighted by Gasteiger charge is -2.25. The predicted molar refractivity (Wildman–Crippen MR) is 103 cm³/mol. The quantitative estimate of drug-likeness (QED) is 0.806. The summed E-state index contributed by atoms with van der Waals surface area (Å²) in [5, 5.41) is 2.77. The number of carbonyl (C=O) groups is 1. The number of likely N-dealkylation sites (N-methyl/N-ethyl adjacent to an activating group) is 1. The zero-order valence-electron chi connectivity index (χ0n) is 15.3. The van der Waals surface area contributed by atoms with Gasteiger partial charge in [-0.3, -0.25) is 4.79 Å². The second-order valence-corrected chi connectivity index (χ2v) is 8.31. The minimum absolute atomic E-state index is 0.0568.